The van der Waals surface area contributed by atoms with E-state index in [0.717, 1.165) is 17.4 Å². The third-order valence-electron chi connectivity index (χ3n) is 3.24. The molecule has 1 heterocycles. The summed E-state index contributed by atoms with van der Waals surface area (Å²) >= 11 is 0. The standard InChI is InChI=1S/C12H18N2O4S2/c1-3-20(17,18)14-7-6-10-4-5-12(8-11(10)9-14)13-19(2,15)16/h4-5,8,13H,3,6-7,9H2,1-2H3. The van der Waals surface area contributed by atoms with Gasteiger partial charge in [-0.2, -0.15) is 4.31 Å². The van der Waals surface area contributed by atoms with Crippen molar-refractivity contribution in [3.8, 4) is 0 Å². The van der Waals surface area contributed by atoms with Gasteiger partial charge >= 0.3 is 0 Å². The van der Waals surface area contributed by atoms with Crippen molar-refractivity contribution in [2.24, 2.45) is 0 Å². The van der Waals surface area contributed by atoms with Crippen LogP contribution in [0.2, 0.25) is 0 Å². The lowest BCUT2D eigenvalue weighted by molar-refractivity contribution is 0.392. The number of fused-ring (bicyclic) bond motifs is 1. The Labute approximate surface area is 119 Å². The fourth-order valence-electron chi connectivity index (χ4n) is 2.23. The summed E-state index contributed by atoms with van der Waals surface area (Å²) in [5, 5.41) is 0. The molecule has 6 nitrogen and oxygen atoms in total. The van der Waals surface area contributed by atoms with Crippen LogP contribution in [0.4, 0.5) is 5.69 Å². The molecule has 0 aliphatic carbocycles. The largest absolute Gasteiger partial charge is 0.284 e. The van der Waals surface area contributed by atoms with Gasteiger partial charge in [-0.3, -0.25) is 4.72 Å². The van der Waals surface area contributed by atoms with E-state index in [0.29, 0.717) is 25.2 Å². The average Bonchev–Trinajstić information content (AvgIpc) is 2.36. The maximum Gasteiger partial charge on any atom is 0.229 e. The molecule has 0 saturated carbocycles. The van der Waals surface area contributed by atoms with Crippen LogP contribution in [-0.4, -0.2) is 39.7 Å². The lowest BCUT2D eigenvalue weighted by atomic mass is 10.0. The predicted octanol–water partition coefficient (Wildman–Crippen LogP) is 0.766. The van der Waals surface area contributed by atoms with Crippen molar-refractivity contribution in [3.63, 3.8) is 0 Å². The minimum absolute atomic E-state index is 0.0730. The molecule has 1 aromatic carbocycles. The molecule has 2 rings (SSSR count). The molecule has 0 unspecified atom stereocenters. The van der Waals surface area contributed by atoms with Crippen LogP contribution < -0.4 is 4.72 Å². The van der Waals surface area contributed by atoms with Crippen molar-refractivity contribution in [1.82, 2.24) is 4.31 Å². The maximum atomic E-state index is 11.9. The fourth-order valence-corrected chi connectivity index (χ4v) is 3.85. The summed E-state index contributed by atoms with van der Waals surface area (Å²) in [6.45, 7) is 2.39. The van der Waals surface area contributed by atoms with E-state index in [9.17, 15) is 16.8 Å². The van der Waals surface area contributed by atoms with Crippen LogP contribution in [0.15, 0.2) is 18.2 Å². The van der Waals surface area contributed by atoms with E-state index in [1.807, 2.05) is 6.07 Å². The number of sulfonamides is 2. The molecule has 0 amide bonds. The minimum Gasteiger partial charge on any atom is -0.284 e. The first-order valence-corrected chi connectivity index (χ1v) is 9.79. The van der Waals surface area contributed by atoms with Gasteiger partial charge in [0.05, 0.1) is 12.0 Å². The maximum absolute atomic E-state index is 11.9. The van der Waals surface area contributed by atoms with Crippen molar-refractivity contribution in [3.05, 3.63) is 29.3 Å². The van der Waals surface area contributed by atoms with Gasteiger partial charge in [-0.05, 0) is 36.6 Å². The van der Waals surface area contributed by atoms with E-state index >= 15 is 0 Å². The van der Waals surface area contributed by atoms with Crippen LogP contribution in [0.5, 0.6) is 0 Å². The summed E-state index contributed by atoms with van der Waals surface area (Å²) in [6.07, 6.45) is 1.73. The second-order valence-corrected chi connectivity index (χ2v) is 8.85. The van der Waals surface area contributed by atoms with Gasteiger partial charge in [0.15, 0.2) is 0 Å². The third kappa shape index (κ3) is 3.50. The zero-order valence-electron chi connectivity index (χ0n) is 11.5. The number of hydrogen-bond donors (Lipinski definition) is 1. The third-order valence-corrected chi connectivity index (χ3v) is 5.68. The SMILES string of the molecule is CCS(=O)(=O)N1CCc2ccc(NS(C)(=O)=O)cc2C1. The normalized spacial score (nSPS) is 16.7. The first kappa shape index (κ1) is 15.3. The molecule has 112 valence electrons. The smallest absolute Gasteiger partial charge is 0.229 e. The molecule has 1 aliphatic rings. The van der Waals surface area contributed by atoms with Crippen LogP contribution >= 0.6 is 0 Å². The molecule has 8 heteroatoms. The highest BCUT2D eigenvalue weighted by molar-refractivity contribution is 7.92. The zero-order chi connectivity index (χ0) is 15.0. The van der Waals surface area contributed by atoms with Crippen molar-refractivity contribution in [2.75, 3.05) is 23.3 Å². The molecule has 0 spiro atoms. The summed E-state index contributed by atoms with van der Waals surface area (Å²) in [6, 6.07) is 5.25. The van der Waals surface area contributed by atoms with Crippen LogP contribution in [0.3, 0.4) is 0 Å². The van der Waals surface area contributed by atoms with E-state index in [4.69, 9.17) is 0 Å². The van der Waals surface area contributed by atoms with Gasteiger partial charge in [-0.15, -0.1) is 0 Å². The van der Waals surface area contributed by atoms with Crippen molar-refractivity contribution in [2.45, 2.75) is 19.9 Å². The van der Waals surface area contributed by atoms with Crippen LogP contribution in [-0.2, 0) is 33.0 Å². The molecule has 20 heavy (non-hydrogen) atoms. The molecule has 0 bridgehead atoms. The van der Waals surface area contributed by atoms with Gasteiger partial charge in [0.25, 0.3) is 0 Å². The Morgan fingerprint density at radius 3 is 2.50 bits per heavy atom. The highest BCUT2D eigenvalue weighted by Crippen LogP contribution is 2.24. The van der Waals surface area contributed by atoms with Gasteiger partial charge < -0.3 is 0 Å². The van der Waals surface area contributed by atoms with E-state index in [1.165, 1.54) is 4.31 Å². The van der Waals surface area contributed by atoms with Crippen molar-refractivity contribution < 1.29 is 16.8 Å². The molecule has 1 aromatic rings. The van der Waals surface area contributed by atoms with Gasteiger partial charge in [0.1, 0.15) is 0 Å². The fraction of sp³-hybridized carbons (Fsp3) is 0.500. The molecule has 0 atom stereocenters. The molecular weight excluding hydrogens is 300 g/mol. The van der Waals surface area contributed by atoms with Gasteiger partial charge in [0.2, 0.25) is 20.0 Å². The summed E-state index contributed by atoms with van der Waals surface area (Å²) in [5.41, 5.74) is 2.37. The van der Waals surface area contributed by atoms with E-state index in [1.54, 1.807) is 19.1 Å². The molecule has 1 aliphatic heterocycles. The Balaban J connectivity index is 2.29. The van der Waals surface area contributed by atoms with Crippen LogP contribution in [0, 0.1) is 0 Å². The Hall–Kier alpha value is -1.12. The Morgan fingerprint density at radius 2 is 1.90 bits per heavy atom. The van der Waals surface area contributed by atoms with Crippen LogP contribution in [0.25, 0.3) is 0 Å². The Bertz CT molecular complexity index is 711. The highest BCUT2D eigenvalue weighted by Gasteiger charge is 2.25. The van der Waals surface area contributed by atoms with Gasteiger partial charge in [-0.25, -0.2) is 16.8 Å². The predicted molar refractivity (Wildman–Crippen MR) is 78.5 cm³/mol. The topological polar surface area (TPSA) is 83.6 Å². The number of nitrogens with zero attached hydrogens (tertiary/aromatic N) is 1. The molecule has 0 radical (unpaired) electrons. The highest BCUT2D eigenvalue weighted by atomic mass is 32.2. The monoisotopic (exact) mass is 318 g/mol. The van der Waals surface area contributed by atoms with Crippen molar-refractivity contribution in [1.29, 1.82) is 0 Å². The van der Waals surface area contributed by atoms with E-state index in [-0.39, 0.29) is 5.75 Å². The van der Waals surface area contributed by atoms with Crippen LogP contribution in [0.1, 0.15) is 18.1 Å². The van der Waals surface area contributed by atoms with Gasteiger partial charge in [0, 0.05) is 18.8 Å². The lowest BCUT2D eigenvalue weighted by Crippen LogP contribution is -2.36. The number of rotatable bonds is 4. The second-order valence-electron chi connectivity index (χ2n) is 4.84. The van der Waals surface area contributed by atoms with Crippen molar-refractivity contribution >= 4 is 25.7 Å². The average molecular weight is 318 g/mol. The zero-order valence-corrected chi connectivity index (χ0v) is 13.1. The Morgan fingerprint density at radius 1 is 1.20 bits per heavy atom. The summed E-state index contributed by atoms with van der Waals surface area (Å²) < 4.78 is 50.1. The summed E-state index contributed by atoms with van der Waals surface area (Å²) in [7, 11) is -6.55. The molecule has 0 saturated heterocycles. The number of hydrogen-bond acceptors (Lipinski definition) is 4. The molecule has 0 aromatic heterocycles. The van der Waals surface area contributed by atoms with Gasteiger partial charge in [-0.1, -0.05) is 6.07 Å². The first-order valence-electron chi connectivity index (χ1n) is 6.28. The summed E-state index contributed by atoms with van der Waals surface area (Å²) in [4.78, 5) is 0. The number of nitrogens with one attached hydrogen (secondary N) is 1. The number of benzene rings is 1. The van der Waals surface area contributed by atoms with E-state index in [2.05, 4.69) is 4.72 Å². The van der Waals surface area contributed by atoms with E-state index < -0.39 is 20.0 Å². The lowest BCUT2D eigenvalue weighted by Gasteiger charge is -2.28. The molecule has 0 fully saturated rings. The molecular formula is C12H18N2O4S2. The summed E-state index contributed by atoms with van der Waals surface area (Å²) in [5.74, 6) is 0.0730. The molecule has 1 N–H and O–H groups in total. The minimum atomic E-state index is -3.33. The number of anilines is 1. The Kier molecular flexibility index (Phi) is 4.08. The second kappa shape index (κ2) is 5.34. The first-order chi connectivity index (χ1) is 9.21. The quantitative estimate of drug-likeness (QED) is 0.888.